The van der Waals surface area contributed by atoms with Gasteiger partial charge in [0.2, 0.25) is 0 Å². The summed E-state index contributed by atoms with van der Waals surface area (Å²) in [6.07, 6.45) is 0. The van der Waals surface area contributed by atoms with Crippen molar-refractivity contribution in [1.82, 2.24) is 9.80 Å². The molecule has 2 rings (SSSR count). The molecule has 1 fully saturated rings. The Morgan fingerprint density at radius 3 is 2.26 bits per heavy atom. The van der Waals surface area contributed by atoms with E-state index < -0.39 is 0 Å². The zero-order valence-corrected chi connectivity index (χ0v) is 11.2. The highest BCUT2D eigenvalue weighted by Gasteiger charge is 2.20. The van der Waals surface area contributed by atoms with Gasteiger partial charge in [-0.15, -0.1) is 0 Å². The van der Waals surface area contributed by atoms with Gasteiger partial charge in [0.05, 0.1) is 23.7 Å². The van der Waals surface area contributed by atoms with Crippen LogP contribution in [0.5, 0.6) is 0 Å². The molecule has 4 nitrogen and oxygen atoms in total. The van der Waals surface area contributed by atoms with Gasteiger partial charge in [0.25, 0.3) is 0 Å². The van der Waals surface area contributed by atoms with Crippen LogP contribution >= 0.6 is 0 Å². The Labute approximate surface area is 114 Å². The number of nitrogens with zero attached hydrogens (tertiary/aromatic N) is 4. The monoisotopic (exact) mass is 254 g/mol. The van der Waals surface area contributed by atoms with Crippen LogP contribution in [0, 0.1) is 22.7 Å². The average Bonchev–Trinajstić information content (AvgIpc) is 2.48. The summed E-state index contributed by atoms with van der Waals surface area (Å²) in [6, 6.07) is 12.2. The molecule has 0 N–H and O–H groups in total. The lowest BCUT2D eigenvalue weighted by Gasteiger charge is -2.35. The highest BCUT2D eigenvalue weighted by atomic mass is 15.3. The third kappa shape index (κ3) is 3.54. The van der Waals surface area contributed by atoms with Crippen molar-refractivity contribution in [2.45, 2.75) is 19.5 Å². The third-order valence-electron chi connectivity index (χ3n) is 3.63. The molecule has 0 bridgehead atoms. The Balaban J connectivity index is 1.85. The quantitative estimate of drug-likeness (QED) is 0.822. The van der Waals surface area contributed by atoms with Crippen molar-refractivity contribution in [3.8, 4) is 12.1 Å². The van der Waals surface area contributed by atoms with Gasteiger partial charge < -0.3 is 0 Å². The molecule has 4 heteroatoms. The number of piperazine rings is 1. The zero-order valence-electron chi connectivity index (χ0n) is 11.2. The Hall–Kier alpha value is -1.88. The summed E-state index contributed by atoms with van der Waals surface area (Å²) >= 11 is 0. The first-order chi connectivity index (χ1) is 9.22. The van der Waals surface area contributed by atoms with Gasteiger partial charge in [-0.1, -0.05) is 12.1 Å². The largest absolute Gasteiger partial charge is 0.297 e. The third-order valence-corrected chi connectivity index (χ3v) is 3.63. The van der Waals surface area contributed by atoms with Crippen molar-refractivity contribution in [2.75, 3.05) is 26.2 Å². The highest BCUT2D eigenvalue weighted by Crippen LogP contribution is 2.11. The summed E-state index contributed by atoms with van der Waals surface area (Å²) in [5.74, 6) is 0. The maximum Gasteiger partial charge on any atom is 0.0991 e. The lowest BCUT2D eigenvalue weighted by Crippen LogP contribution is -2.48. The Kier molecular flexibility index (Phi) is 4.52. The van der Waals surface area contributed by atoms with Crippen molar-refractivity contribution >= 4 is 0 Å². The normalized spacial score (nSPS) is 18.5. The fourth-order valence-corrected chi connectivity index (χ4v) is 2.33. The second-order valence-electron chi connectivity index (χ2n) is 4.93. The van der Waals surface area contributed by atoms with E-state index in [-0.39, 0.29) is 6.04 Å². The van der Waals surface area contributed by atoms with E-state index in [1.165, 1.54) is 5.56 Å². The van der Waals surface area contributed by atoms with E-state index in [1.807, 2.05) is 31.2 Å². The molecule has 98 valence electrons. The molecule has 0 spiro atoms. The van der Waals surface area contributed by atoms with Crippen LogP contribution < -0.4 is 0 Å². The molecule has 1 heterocycles. The summed E-state index contributed by atoms with van der Waals surface area (Å²) in [5.41, 5.74) is 1.94. The molecule has 0 radical (unpaired) electrons. The molecule has 0 aliphatic carbocycles. The van der Waals surface area contributed by atoms with Gasteiger partial charge in [0.15, 0.2) is 0 Å². The topological polar surface area (TPSA) is 54.1 Å². The molecular weight excluding hydrogens is 236 g/mol. The van der Waals surface area contributed by atoms with Gasteiger partial charge in [-0.2, -0.15) is 10.5 Å². The van der Waals surface area contributed by atoms with Gasteiger partial charge >= 0.3 is 0 Å². The van der Waals surface area contributed by atoms with Crippen LogP contribution in [0.2, 0.25) is 0 Å². The molecule has 1 aromatic rings. The van der Waals surface area contributed by atoms with Crippen LogP contribution in [0.25, 0.3) is 0 Å². The SMILES string of the molecule is C[C@H](C#N)N1CCN(Cc2ccc(C#N)cc2)CC1. The zero-order chi connectivity index (χ0) is 13.7. The lowest BCUT2D eigenvalue weighted by atomic mass is 10.1. The summed E-state index contributed by atoms with van der Waals surface area (Å²) in [6.45, 7) is 6.75. The van der Waals surface area contributed by atoms with E-state index in [2.05, 4.69) is 21.9 Å². The number of benzene rings is 1. The van der Waals surface area contributed by atoms with Crippen LogP contribution in [-0.2, 0) is 6.54 Å². The van der Waals surface area contributed by atoms with E-state index in [1.54, 1.807) is 0 Å². The van der Waals surface area contributed by atoms with Gasteiger partial charge in [-0.05, 0) is 24.6 Å². The van der Waals surface area contributed by atoms with Crippen molar-refractivity contribution in [2.24, 2.45) is 0 Å². The van der Waals surface area contributed by atoms with Gasteiger partial charge in [-0.25, -0.2) is 0 Å². The average molecular weight is 254 g/mol. The van der Waals surface area contributed by atoms with E-state index in [0.29, 0.717) is 5.56 Å². The smallest absolute Gasteiger partial charge is 0.0991 e. The minimum atomic E-state index is 0.0112. The molecule has 0 amide bonds. The van der Waals surface area contributed by atoms with Crippen molar-refractivity contribution in [3.63, 3.8) is 0 Å². The Morgan fingerprint density at radius 1 is 1.11 bits per heavy atom. The summed E-state index contributed by atoms with van der Waals surface area (Å²) in [4.78, 5) is 4.61. The first-order valence-electron chi connectivity index (χ1n) is 6.58. The van der Waals surface area contributed by atoms with E-state index in [9.17, 15) is 0 Å². The number of rotatable bonds is 3. The van der Waals surface area contributed by atoms with Gasteiger partial charge in [-0.3, -0.25) is 9.80 Å². The predicted molar refractivity (Wildman–Crippen MR) is 73.1 cm³/mol. The fourth-order valence-electron chi connectivity index (χ4n) is 2.33. The van der Waals surface area contributed by atoms with E-state index >= 15 is 0 Å². The van der Waals surface area contributed by atoms with E-state index in [0.717, 1.165) is 32.7 Å². The summed E-state index contributed by atoms with van der Waals surface area (Å²) in [7, 11) is 0. The van der Waals surface area contributed by atoms with Crippen LogP contribution in [0.3, 0.4) is 0 Å². The summed E-state index contributed by atoms with van der Waals surface area (Å²) in [5, 5.41) is 17.7. The van der Waals surface area contributed by atoms with Crippen molar-refractivity contribution < 1.29 is 0 Å². The number of hydrogen-bond acceptors (Lipinski definition) is 4. The second-order valence-corrected chi connectivity index (χ2v) is 4.93. The fraction of sp³-hybridized carbons (Fsp3) is 0.467. The van der Waals surface area contributed by atoms with Gasteiger partial charge in [0.1, 0.15) is 0 Å². The molecule has 1 aliphatic heterocycles. The van der Waals surface area contributed by atoms with Crippen molar-refractivity contribution in [1.29, 1.82) is 10.5 Å². The second kappa shape index (κ2) is 6.33. The standard InChI is InChI=1S/C15H18N4/c1-13(10-16)19-8-6-18(7-9-19)12-15-4-2-14(11-17)3-5-15/h2-5,13H,6-9,12H2,1H3/t13-/m1/s1. The molecule has 19 heavy (non-hydrogen) atoms. The molecule has 1 aromatic carbocycles. The van der Waals surface area contributed by atoms with Crippen LogP contribution in [-0.4, -0.2) is 42.0 Å². The van der Waals surface area contributed by atoms with Crippen LogP contribution in [0.1, 0.15) is 18.1 Å². The minimum absolute atomic E-state index is 0.0112. The number of nitriles is 2. The van der Waals surface area contributed by atoms with Crippen LogP contribution in [0.4, 0.5) is 0 Å². The molecule has 1 aliphatic rings. The molecular formula is C15H18N4. The molecule has 0 unspecified atom stereocenters. The molecule has 1 saturated heterocycles. The van der Waals surface area contributed by atoms with Crippen LogP contribution in [0.15, 0.2) is 24.3 Å². The lowest BCUT2D eigenvalue weighted by molar-refractivity contribution is 0.114. The maximum atomic E-state index is 8.91. The van der Waals surface area contributed by atoms with Gasteiger partial charge in [0, 0.05) is 32.7 Å². The molecule has 0 saturated carbocycles. The molecule has 0 aromatic heterocycles. The number of hydrogen-bond donors (Lipinski definition) is 0. The maximum absolute atomic E-state index is 8.91. The first kappa shape index (κ1) is 13.5. The minimum Gasteiger partial charge on any atom is -0.297 e. The Bertz CT molecular complexity index is 486. The first-order valence-corrected chi connectivity index (χ1v) is 6.58. The Morgan fingerprint density at radius 2 is 1.74 bits per heavy atom. The van der Waals surface area contributed by atoms with E-state index in [4.69, 9.17) is 10.5 Å². The predicted octanol–water partition coefficient (Wildman–Crippen LogP) is 1.59. The van der Waals surface area contributed by atoms with Crippen molar-refractivity contribution in [3.05, 3.63) is 35.4 Å². The highest BCUT2D eigenvalue weighted by molar-refractivity contribution is 5.31. The molecule has 1 atom stereocenters. The summed E-state index contributed by atoms with van der Waals surface area (Å²) < 4.78 is 0.